The molecule has 0 saturated carbocycles. The van der Waals surface area contributed by atoms with Crippen LogP contribution in [0.25, 0.3) is 11.4 Å². The molecule has 2 aromatic carbocycles. The van der Waals surface area contributed by atoms with Crippen LogP contribution in [-0.2, 0) is 4.74 Å². The van der Waals surface area contributed by atoms with Crippen LogP contribution in [0.5, 0.6) is 11.5 Å². The van der Waals surface area contributed by atoms with Gasteiger partial charge in [0.05, 0.1) is 19.8 Å². The van der Waals surface area contributed by atoms with Crippen molar-refractivity contribution in [3.63, 3.8) is 0 Å². The first-order chi connectivity index (χ1) is 12.9. The van der Waals surface area contributed by atoms with Crippen molar-refractivity contribution >= 4 is 11.8 Å². The Bertz CT molecular complexity index is 1010. The molecule has 0 aliphatic rings. The van der Waals surface area contributed by atoms with Crippen molar-refractivity contribution in [1.29, 1.82) is 0 Å². The molecule has 27 heavy (non-hydrogen) atoms. The number of hydrogen-bond donors (Lipinski definition) is 1. The molecule has 0 fully saturated rings. The van der Waals surface area contributed by atoms with Crippen molar-refractivity contribution in [2.45, 2.75) is 6.92 Å². The topological polar surface area (TPSA) is 112 Å². The third-order valence-corrected chi connectivity index (χ3v) is 3.90. The van der Waals surface area contributed by atoms with E-state index in [1.165, 1.54) is 50.6 Å². The van der Waals surface area contributed by atoms with Gasteiger partial charge >= 0.3 is 5.97 Å². The summed E-state index contributed by atoms with van der Waals surface area (Å²) in [6.45, 7) is 1.63. The summed E-state index contributed by atoms with van der Waals surface area (Å²) in [7, 11) is 2.67. The summed E-state index contributed by atoms with van der Waals surface area (Å²) in [5.74, 6) is -0.389. The average molecular weight is 368 g/mol. The maximum Gasteiger partial charge on any atom is 0.337 e. The Hall–Kier alpha value is -3.68. The zero-order valence-corrected chi connectivity index (χ0v) is 14.8. The maximum atomic E-state index is 13.0. The van der Waals surface area contributed by atoms with Gasteiger partial charge in [0, 0.05) is 23.6 Å². The standard InChI is InChI=1S/C19H16N2O6/c1-10-20-18(21-27-10)14-9-16(25-2)15(22)8-13(14)17(23)11-4-6-12(7-5-11)19(24)26-3/h4-9,22H,1-3H3. The van der Waals surface area contributed by atoms with Crippen LogP contribution >= 0.6 is 0 Å². The van der Waals surface area contributed by atoms with Crippen molar-refractivity contribution in [3.8, 4) is 22.9 Å². The first-order valence-electron chi connectivity index (χ1n) is 7.89. The van der Waals surface area contributed by atoms with Crippen molar-refractivity contribution < 1.29 is 28.7 Å². The fraction of sp³-hybridized carbons (Fsp3) is 0.158. The molecule has 8 nitrogen and oxygen atoms in total. The van der Waals surface area contributed by atoms with Gasteiger partial charge in [0.15, 0.2) is 17.3 Å². The third-order valence-electron chi connectivity index (χ3n) is 3.90. The van der Waals surface area contributed by atoms with E-state index < -0.39 is 5.97 Å². The van der Waals surface area contributed by atoms with Crippen LogP contribution < -0.4 is 4.74 Å². The highest BCUT2D eigenvalue weighted by Crippen LogP contribution is 2.35. The van der Waals surface area contributed by atoms with E-state index in [1.807, 2.05) is 0 Å². The first kappa shape index (κ1) is 18.1. The zero-order chi connectivity index (χ0) is 19.6. The molecule has 0 amide bonds. The minimum Gasteiger partial charge on any atom is -0.504 e. The molecule has 0 radical (unpaired) electrons. The number of methoxy groups -OCH3 is 2. The highest BCUT2D eigenvalue weighted by Gasteiger charge is 2.22. The second-order valence-corrected chi connectivity index (χ2v) is 5.60. The maximum absolute atomic E-state index is 13.0. The predicted octanol–water partition coefficient (Wildman–Crippen LogP) is 2.78. The number of aromatic hydroxyl groups is 1. The molecular formula is C19H16N2O6. The van der Waals surface area contributed by atoms with E-state index in [9.17, 15) is 14.7 Å². The number of phenolic OH excluding ortho intramolecular Hbond substituents is 1. The molecule has 3 rings (SSSR count). The molecule has 138 valence electrons. The molecule has 0 bridgehead atoms. The number of aromatic nitrogens is 2. The number of phenols is 1. The van der Waals surface area contributed by atoms with Gasteiger partial charge in [0.2, 0.25) is 11.7 Å². The summed E-state index contributed by atoms with van der Waals surface area (Å²) in [5.41, 5.74) is 1.15. The number of hydrogen-bond acceptors (Lipinski definition) is 8. The second-order valence-electron chi connectivity index (χ2n) is 5.60. The van der Waals surface area contributed by atoms with Gasteiger partial charge in [-0.25, -0.2) is 4.79 Å². The van der Waals surface area contributed by atoms with Crippen LogP contribution in [0.15, 0.2) is 40.9 Å². The van der Waals surface area contributed by atoms with E-state index in [0.29, 0.717) is 22.6 Å². The van der Waals surface area contributed by atoms with Crippen molar-refractivity contribution in [2.24, 2.45) is 0 Å². The molecule has 8 heteroatoms. The van der Waals surface area contributed by atoms with Gasteiger partial charge in [0.25, 0.3) is 0 Å². The Morgan fingerprint density at radius 3 is 2.30 bits per heavy atom. The summed E-state index contributed by atoms with van der Waals surface area (Å²) in [6.07, 6.45) is 0. The lowest BCUT2D eigenvalue weighted by molar-refractivity contribution is 0.0600. The van der Waals surface area contributed by atoms with Crippen LogP contribution in [0.4, 0.5) is 0 Å². The summed E-state index contributed by atoms with van der Waals surface area (Å²) in [6, 6.07) is 8.73. The molecule has 0 saturated heterocycles. The zero-order valence-electron chi connectivity index (χ0n) is 14.8. The van der Waals surface area contributed by atoms with Gasteiger partial charge in [-0.3, -0.25) is 4.79 Å². The molecule has 0 aliphatic heterocycles. The van der Waals surface area contributed by atoms with E-state index in [2.05, 4.69) is 14.9 Å². The molecule has 0 atom stereocenters. The Kier molecular flexibility index (Phi) is 4.89. The number of rotatable bonds is 5. The normalized spacial score (nSPS) is 10.5. The Morgan fingerprint density at radius 2 is 1.74 bits per heavy atom. The number of ketones is 1. The van der Waals surface area contributed by atoms with Crippen molar-refractivity contribution in [2.75, 3.05) is 14.2 Å². The molecule has 0 unspecified atom stereocenters. The van der Waals surface area contributed by atoms with Gasteiger partial charge in [-0.15, -0.1) is 0 Å². The SMILES string of the molecule is COC(=O)c1ccc(C(=O)c2cc(O)c(OC)cc2-c2noc(C)n2)cc1. The molecule has 3 aromatic rings. The number of nitrogens with zero attached hydrogens (tertiary/aromatic N) is 2. The Balaban J connectivity index is 2.08. The van der Waals surface area contributed by atoms with Crippen LogP contribution in [0.1, 0.15) is 32.2 Å². The molecular weight excluding hydrogens is 352 g/mol. The van der Waals surface area contributed by atoms with E-state index in [-0.39, 0.29) is 28.7 Å². The third kappa shape index (κ3) is 3.50. The lowest BCUT2D eigenvalue weighted by Crippen LogP contribution is -2.06. The van der Waals surface area contributed by atoms with E-state index in [4.69, 9.17) is 9.26 Å². The van der Waals surface area contributed by atoms with Gasteiger partial charge in [-0.05, 0) is 24.3 Å². The molecule has 1 N–H and O–H groups in total. The van der Waals surface area contributed by atoms with Crippen molar-refractivity contribution in [3.05, 3.63) is 59.0 Å². The highest BCUT2D eigenvalue weighted by molar-refractivity contribution is 6.13. The number of carbonyl (C=O) groups is 2. The summed E-state index contributed by atoms with van der Waals surface area (Å²) in [4.78, 5) is 28.7. The Labute approximate surface area is 154 Å². The number of esters is 1. The lowest BCUT2D eigenvalue weighted by atomic mass is 9.96. The fourth-order valence-electron chi connectivity index (χ4n) is 2.54. The first-order valence-corrected chi connectivity index (χ1v) is 7.89. The van der Waals surface area contributed by atoms with Gasteiger partial charge in [-0.2, -0.15) is 4.98 Å². The lowest BCUT2D eigenvalue weighted by Gasteiger charge is -2.10. The summed E-state index contributed by atoms with van der Waals surface area (Å²) in [5, 5.41) is 13.9. The molecule has 1 heterocycles. The average Bonchev–Trinajstić information content (AvgIpc) is 3.12. The summed E-state index contributed by atoms with van der Waals surface area (Å²) >= 11 is 0. The molecule has 0 aliphatic carbocycles. The minimum absolute atomic E-state index is 0.167. The molecule has 1 aromatic heterocycles. The number of carbonyl (C=O) groups excluding carboxylic acids is 2. The van der Waals surface area contributed by atoms with Crippen LogP contribution in [0.2, 0.25) is 0 Å². The smallest absolute Gasteiger partial charge is 0.337 e. The predicted molar refractivity (Wildman–Crippen MR) is 93.9 cm³/mol. The van der Waals surface area contributed by atoms with E-state index >= 15 is 0 Å². The second kappa shape index (κ2) is 7.28. The minimum atomic E-state index is -0.501. The largest absolute Gasteiger partial charge is 0.504 e. The van der Waals surface area contributed by atoms with Gasteiger partial charge < -0.3 is 19.1 Å². The monoisotopic (exact) mass is 368 g/mol. The van der Waals surface area contributed by atoms with Crippen LogP contribution in [-0.4, -0.2) is 41.2 Å². The number of aryl methyl sites for hydroxylation is 1. The van der Waals surface area contributed by atoms with Crippen LogP contribution in [0.3, 0.4) is 0 Å². The fourth-order valence-corrected chi connectivity index (χ4v) is 2.54. The van der Waals surface area contributed by atoms with E-state index in [0.717, 1.165) is 0 Å². The van der Waals surface area contributed by atoms with Crippen molar-refractivity contribution in [1.82, 2.24) is 10.1 Å². The van der Waals surface area contributed by atoms with Gasteiger partial charge in [-0.1, -0.05) is 17.3 Å². The van der Waals surface area contributed by atoms with Gasteiger partial charge in [0.1, 0.15) is 0 Å². The van der Waals surface area contributed by atoms with Crippen LogP contribution in [0, 0.1) is 6.92 Å². The number of ether oxygens (including phenoxy) is 2. The molecule has 0 spiro atoms. The highest BCUT2D eigenvalue weighted by atomic mass is 16.5. The number of benzene rings is 2. The summed E-state index contributed by atoms with van der Waals surface area (Å²) < 4.78 is 14.7. The Morgan fingerprint density at radius 1 is 1.07 bits per heavy atom. The van der Waals surface area contributed by atoms with E-state index in [1.54, 1.807) is 6.92 Å². The quantitative estimate of drug-likeness (QED) is 0.540.